The van der Waals surface area contributed by atoms with Crippen molar-refractivity contribution in [2.24, 2.45) is 0 Å². The number of para-hydroxylation sites is 1. The molecule has 3 aromatic rings. The van der Waals surface area contributed by atoms with Crippen LogP contribution in [0.15, 0.2) is 54.4 Å². The molecule has 0 aliphatic heterocycles. The van der Waals surface area contributed by atoms with Crippen molar-refractivity contribution in [1.29, 1.82) is 5.26 Å². The number of nitrogens with one attached hydrogen (secondary N) is 1. The van der Waals surface area contributed by atoms with E-state index in [1.54, 1.807) is 30.6 Å². The van der Waals surface area contributed by atoms with Gasteiger partial charge in [-0.15, -0.1) is 0 Å². The number of ketones is 1. The first-order chi connectivity index (χ1) is 10.7. The Morgan fingerprint density at radius 3 is 2.82 bits per heavy atom. The van der Waals surface area contributed by atoms with E-state index in [1.165, 1.54) is 0 Å². The summed E-state index contributed by atoms with van der Waals surface area (Å²) in [6.07, 6.45) is 4.83. The molecule has 1 aromatic carbocycles. The van der Waals surface area contributed by atoms with Crippen LogP contribution in [0.3, 0.4) is 0 Å². The zero-order valence-corrected chi connectivity index (χ0v) is 12.0. The highest BCUT2D eigenvalue weighted by Gasteiger charge is 2.19. The number of hydrogen-bond donors (Lipinski definition) is 1. The minimum absolute atomic E-state index is 0.0980. The number of Topliss-reactive ketones (excluding diaryl/α,β-unsaturated/α-hetero) is 1. The topological polar surface area (TPSA) is 69.5 Å². The summed E-state index contributed by atoms with van der Waals surface area (Å²) in [4.78, 5) is 19.9. The molecular weight excluding hydrogens is 274 g/mol. The Hall–Kier alpha value is -3.19. The van der Waals surface area contributed by atoms with E-state index >= 15 is 0 Å². The van der Waals surface area contributed by atoms with Gasteiger partial charge in [0.1, 0.15) is 11.6 Å². The van der Waals surface area contributed by atoms with Gasteiger partial charge in [-0.2, -0.15) is 5.26 Å². The largest absolute Gasteiger partial charge is 0.358 e. The van der Waals surface area contributed by atoms with Gasteiger partial charge in [-0.05, 0) is 30.7 Å². The number of benzene rings is 1. The number of carbonyl (C=O) groups excluding carboxylic acids is 1. The summed E-state index contributed by atoms with van der Waals surface area (Å²) in [7, 11) is 0. The highest BCUT2D eigenvalue weighted by Crippen LogP contribution is 2.25. The number of H-pyrrole nitrogens is 1. The molecule has 3 rings (SSSR count). The summed E-state index contributed by atoms with van der Waals surface area (Å²) in [6.45, 7) is 1.84. The van der Waals surface area contributed by atoms with E-state index in [-0.39, 0.29) is 11.4 Å². The van der Waals surface area contributed by atoms with Crippen LogP contribution in [0.4, 0.5) is 0 Å². The predicted octanol–water partition coefficient (Wildman–Crippen LogP) is 3.66. The van der Waals surface area contributed by atoms with Crippen molar-refractivity contribution < 1.29 is 4.79 Å². The number of nitriles is 1. The van der Waals surface area contributed by atoms with Crippen LogP contribution < -0.4 is 0 Å². The number of aromatic amines is 1. The third-order valence-corrected chi connectivity index (χ3v) is 3.48. The van der Waals surface area contributed by atoms with Crippen LogP contribution in [0.25, 0.3) is 17.0 Å². The van der Waals surface area contributed by atoms with Crippen LogP contribution in [0.5, 0.6) is 0 Å². The molecule has 0 bridgehead atoms. The standard InChI is InChI=1S/C18H13N3O/c1-12-17(15-6-2-3-7-16(15)21-12)18(22)14(10-19)9-13-5-4-8-20-11-13/h2-9,11,21H,1H3/b14-9-. The summed E-state index contributed by atoms with van der Waals surface area (Å²) >= 11 is 0. The van der Waals surface area contributed by atoms with Crippen molar-refractivity contribution in [3.05, 3.63) is 71.2 Å². The minimum Gasteiger partial charge on any atom is -0.358 e. The number of aryl methyl sites for hydroxylation is 1. The first-order valence-electron chi connectivity index (χ1n) is 6.84. The Morgan fingerprint density at radius 1 is 1.27 bits per heavy atom. The minimum atomic E-state index is -0.277. The number of allylic oxidation sites excluding steroid dienone is 1. The molecule has 2 aromatic heterocycles. The number of rotatable bonds is 3. The lowest BCUT2D eigenvalue weighted by molar-refractivity contribution is 0.104. The van der Waals surface area contributed by atoms with E-state index in [4.69, 9.17) is 0 Å². The van der Waals surface area contributed by atoms with E-state index in [1.807, 2.05) is 37.3 Å². The van der Waals surface area contributed by atoms with Crippen LogP contribution in [0.1, 0.15) is 21.6 Å². The first kappa shape index (κ1) is 13.8. The maximum absolute atomic E-state index is 12.7. The highest BCUT2D eigenvalue weighted by molar-refractivity contribution is 6.20. The van der Waals surface area contributed by atoms with Crippen molar-refractivity contribution in [1.82, 2.24) is 9.97 Å². The Balaban J connectivity index is 2.10. The van der Waals surface area contributed by atoms with E-state index in [0.717, 1.165) is 22.2 Å². The van der Waals surface area contributed by atoms with Crippen molar-refractivity contribution in [3.63, 3.8) is 0 Å². The summed E-state index contributed by atoms with van der Waals surface area (Å²) in [5, 5.41) is 10.2. The lowest BCUT2D eigenvalue weighted by atomic mass is 10.00. The smallest absolute Gasteiger partial charge is 0.205 e. The summed E-state index contributed by atoms with van der Waals surface area (Å²) in [6, 6.07) is 13.1. The van der Waals surface area contributed by atoms with Gasteiger partial charge >= 0.3 is 0 Å². The summed E-state index contributed by atoms with van der Waals surface area (Å²) in [5.41, 5.74) is 3.03. The highest BCUT2D eigenvalue weighted by atomic mass is 16.1. The van der Waals surface area contributed by atoms with Crippen molar-refractivity contribution >= 4 is 22.8 Å². The van der Waals surface area contributed by atoms with Crippen LogP contribution in [0.2, 0.25) is 0 Å². The third kappa shape index (κ3) is 2.40. The van der Waals surface area contributed by atoms with Gasteiger partial charge < -0.3 is 4.98 Å². The zero-order chi connectivity index (χ0) is 15.5. The maximum atomic E-state index is 12.7. The second kappa shape index (κ2) is 5.66. The molecule has 2 heterocycles. The number of aromatic nitrogens is 2. The van der Waals surface area contributed by atoms with Crippen molar-refractivity contribution in [2.45, 2.75) is 6.92 Å². The second-order valence-electron chi connectivity index (χ2n) is 4.96. The SMILES string of the molecule is Cc1[nH]c2ccccc2c1C(=O)/C(C#N)=C\c1cccnc1. The molecule has 0 saturated carbocycles. The third-order valence-electron chi connectivity index (χ3n) is 3.48. The average molecular weight is 287 g/mol. The second-order valence-corrected chi connectivity index (χ2v) is 4.96. The number of fused-ring (bicyclic) bond motifs is 1. The van der Waals surface area contributed by atoms with E-state index in [2.05, 4.69) is 9.97 Å². The predicted molar refractivity (Wildman–Crippen MR) is 85.2 cm³/mol. The Bertz CT molecular complexity index is 914. The molecule has 0 atom stereocenters. The fourth-order valence-electron chi connectivity index (χ4n) is 2.48. The van der Waals surface area contributed by atoms with Gasteiger partial charge in [-0.25, -0.2) is 0 Å². The number of hydrogen-bond acceptors (Lipinski definition) is 3. The van der Waals surface area contributed by atoms with Gasteiger partial charge in [-0.3, -0.25) is 9.78 Å². The molecule has 0 spiro atoms. The number of pyridine rings is 1. The molecule has 0 aliphatic carbocycles. The molecule has 0 unspecified atom stereocenters. The van der Waals surface area contributed by atoms with Gasteiger partial charge in [0.25, 0.3) is 0 Å². The molecule has 0 aliphatic rings. The molecular formula is C18H13N3O. The van der Waals surface area contributed by atoms with E-state index < -0.39 is 0 Å². The molecule has 0 saturated heterocycles. The zero-order valence-electron chi connectivity index (χ0n) is 12.0. The number of nitrogens with zero attached hydrogens (tertiary/aromatic N) is 2. The molecule has 0 amide bonds. The van der Waals surface area contributed by atoms with Crippen LogP contribution in [-0.4, -0.2) is 15.8 Å². The van der Waals surface area contributed by atoms with Crippen molar-refractivity contribution in [2.75, 3.05) is 0 Å². The molecule has 0 fully saturated rings. The lowest BCUT2D eigenvalue weighted by Crippen LogP contribution is -2.03. The van der Waals surface area contributed by atoms with Gasteiger partial charge in [0.15, 0.2) is 0 Å². The normalized spacial score (nSPS) is 11.4. The average Bonchev–Trinajstić information content (AvgIpc) is 2.88. The van der Waals surface area contributed by atoms with E-state index in [0.29, 0.717) is 5.56 Å². The number of carbonyl (C=O) groups is 1. The quantitative estimate of drug-likeness (QED) is 0.454. The van der Waals surface area contributed by atoms with Gasteiger partial charge in [0.05, 0.1) is 5.56 Å². The van der Waals surface area contributed by atoms with Gasteiger partial charge in [0.2, 0.25) is 5.78 Å². The van der Waals surface area contributed by atoms with E-state index in [9.17, 15) is 10.1 Å². The lowest BCUT2D eigenvalue weighted by Gasteiger charge is -2.00. The molecule has 22 heavy (non-hydrogen) atoms. The fraction of sp³-hybridized carbons (Fsp3) is 0.0556. The molecule has 4 heteroatoms. The maximum Gasteiger partial charge on any atom is 0.205 e. The van der Waals surface area contributed by atoms with Crippen molar-refractivity contribution in [3.8, 4) is 6.07 Å². The first-order valence-corrected chi connectivity index (χ1v) is 6.84. The molecule has 1 N–H and O–H groups in total. The Labute approximate surface area is 127 Å². The van der Waals surface area contributed by atoms with Crippen LogP contribution >= 0.6 is 0 Å². The summed E-state index contributed by atoms with van der Waals surface area (Å²) < 4.78 is 0. The van der Waals surface area contributed by atoms with Crippen LogP contribution in [-0.2, 0) is 0 Å². The summed E-state index contributed by atoms with van der Waals surface area (Å²) in [5.74, 6) is -0.277. The molecule has 0 radical (unpaired) electrons. The van der Waals surface area contributed by atoms with Gasteiger partial charge in [-0.1, -0.05) is 24.3 Å². The monoisotopic (exact) mass is 287 g/mol. The molecule has 4 nitrogen and oxygen atoms in total. The molecule has 106 valence electrons. The van der Waals surface area contributed by atoms with Gasteiger partial charge in [0, 0.05) is 29.0 Å². The Kier molecular flexibility index (Phi) is 3.55. The fourth-order valence-corrected chi connectivity index (χ4v) is 2.48. The Morgan fingerprint density at radius 2 is 2.09 bits per heavy atom. The van der Waals surface area contributed by atoms with Crippen LogP contribution in [0, 0.1) is 18.3 Å².